The average molecular weight is 666 g/mol. The minimum Gasteiger partial charge on any atom is -0.488 e. The molecule has 12 nitrogen and oxygen atoms in total. The predicted octanol–water partition coefficient (Wildman–Crippen LogP) is 4.52. The number of esters is 2. The highest BCUT2D eigenvalue weighted by Gasteiger charge is 2.33. The van der Waals surface area contributed by atoms with Crippen molar-refractivity contribution in [3.05, 3.63) is 90.7 Å². The Bertz CT molecular complexity index is 1420. The van der Waals surface area contributed by atoms with Gasteiger partial charge in [-0.1, -0.05) is 75.5 Å². The van der Waals surface area contributed by atoms with Gasteiger partial charge >= 0.3 is 18.0 Å². The summed E-state index contributed by atoms with van der Waals surface area (Å²) in [4.78, 5) is 65.4. The predicted molar refractivity (Wildman–Crippen MR) is 179 cm³/mol. The Kier molecular flexibility index (Phi) is 15.4. The summed E-state index contributed by atoms with van der Waals surface area (Å²) in [6.45, 7) is 17.6. The first-order valence-corrected chi connectivity index (χ1v) is 15.6. The van der Waals surface area contributed by atoms with E-state index in [1.165, 1.54) is 13.0 Å². The van der Waals surface area contributed by atoms with E-state index in [4.69, 9.17) is 18.9 Å². The fourth-order valence-corrected chi connectivity index (χ4v) is 4.27. The van der Waals surface area contributed by atoms with Crippen molar-refractivity contribution >= 4 is 29.8 Å². The molecule has 0 aliphatic rings. The lowest BCUT2D eigenvalue weighted by Gasteiger charge is -2.26. The van der Waals surface area contributed by atoms with Gasteiger partial charge in [-0.25, -0.2) is 9.59 Å². The first-order chi connectivity index (χ1) is 22.6. The van der Waals surface area contributed by atoms with Gasteiger partial charge in [-0.2, -0.15) is 0 Å². The Morgan fingerprint density at radius 2 is 1.46 bits per heavy atom. The first-order valence-electron chi connectivity index (χ1n) is 15.6. The molecule has 0 heterocycles. The summed E-state index contributed by atoms with van der Waals surface area (Å²) >= 11 is 0. The van der Waals surface area contributed by atoms with E-state index >= 15 is 0 Å². The molecule has 3 amide bonds. The smallest absolute Gasteiger partial charge is 0.408 e. The molecule has 0 radical (unpaired) electrons. The maximum absolute atomic E-state index is 13.7. The van der Waals surface area contributed by atoms with Crippen LogP contribution in [0.25, 0.3) is 0 Å². The van der Waals surface area contributed by atoms with E-state index in [0.717, 1.165) is 0 Å². The molecule has 0 unspecified atom stereocenters. The van der Waals surface area contributed by atoms with E-state index in [2.05, 4.69) is 29.1 Å². The molecule has 12 heteroatoms. The molecule has 2 aromatic carbocycles. The normalized spacial score (nSPS) is 12.8. The summed E-state index contributed by atoms with van der Waals surface area (Å²) in [6.07, 6.45) is -0.164. The standard InChI is InChI=1S/C36H47N3O9/c1-9-19-45-34(43)31(23(2)3)39-33(42)28(20-25-15-17-27(18-16-25)48-36(6,7)8)37-32(41)29(21-30(40)47-24(4)5)38-35(44)46-22-26-13-11-10-12-14-26/h9-18,23,28-29,31H,1,4,19-22H2,2-3,5-8H3,(H,37,41)(H,38,44)(H,39,42)/t28-,29-,31-/m0/s1. The highest BCUT2D eigenvalue weighted by Crippen LogP contribution is 2.19. The third-order valence-corrected chi connectivity index (χ3v) is 6.46. The number of rotatable bonds is 17. The Morgan fingerprint density at radius 1 is 0.833 bits per heavy atom. The molecule has 0 saturated heterocycles. The van der Waals surface area contributed by atoms with Crippen molar-refractivity contribution < 1.29 is 42.9 Å². The second-order valence-electron chi connectivity index (χ2n) is 12.4. The van der Waals surface area contributed by atoms with E-state index < -0.39 is 60.0 Å². The van der Waals surface area contributed by atoms with Gasteiger partial charge in [0.05, 0.1) is 12.2 Å². The third kappa shape index (κ3) is 14.5. The molecule has 0 aromatic heterocycles. The van der Waals surface area contributed by atoms with E-state index in [1.807, 2.05) is 26.8 Å². The van der Waals surface area contributed by atoms with Gasteiger partial charge in [0.2, 0.25) is 11.8 Å². The fraction of sp³-hybridized carbons (Fsp3) is 0.417. The maximum Gasteiger partial charge on any atom is 0.408 e. The molecule has 0 saturated carbocycles. The Balaban J connectivity index is 2.34. The van der Waals surface area contributed by atoms with Crippen LogP contribution in [-0.4, -0.2) is 60.2 Å². The summed E-state index contributed by atoms with van der Waals surface area (Å²) in [5.74, 6) is -2.74. The van der Waals surface area contributed by atoms with Gasteiger partial charge in [-0.05, 0) is 56.9 Å². The minimum absolute atomic E-state index is 0.0126. The number of ether oxygens (including phenoxy) is 4. The monoisotopic (exact) mass is 665 g/mol. The number of alkyl carbamates (subject to hydrolysis) is 1. The number of benzene rings is 2. The van der Waals surface area contributed by atoms with Gasteiger partial charge in [0, 0.05) is 6.42 Å². The summed E-state index contributed by atoms with van der Waals surface area (Å²) in [5.41, 5.74) is 0.928. The molecule has 48 heavy (non-hydrogen) atoms. The van der Waals surface area contributed by atoms with Crippen LogP contribution < -0.4 is 20.7 Å². The maximum atomic E-state index is 13.7. The summed E-state index contributed by atoms with van der Waals surface area (Å²) in [5, 5.41) is 7.70. The Labute approximate surface area is 282 Å². The van der Waals surface area contributed by atoms with E-state index in [1.54, 1.807) is 62.4 Å². The third-order valence-electron chi connectivity index (χ3n) is 6.46. The zero-order chi connectivity index (χ0) is 35.9. The molecule has 0 bridgehead atoms. The zero-order valence-electron chi connectivity index (χ0n) is 28.5. The molecule has 0 aliphatic carbocycles. The highest BCUT2D eigenvalue weighted by atomic mass is 16.6. The van der Waals surface area contributed by atoms with Crippen LogP contribution in [0, 0.1) is 5.92 Å². The van der Waals surface area contributed by atoms with Crippen molar-refractivity contribution in [3.63, 3.8) is 0 Å². The second-order valence-corrected chi connectivity index (χ2v) is 12.4. The van der Waals surface area contributed by atoms with Gasteiger partial charge in [0.15, 0.2) is 0 Å². The van der Waals surface area contributed by atoms with Crippen LogP contribution in [0.15, 0.2) is 79.6 Å². The van der Waals surface area contributed by atoms with Gasteiger partial charge < -0.3 is 34.9 Å². The van der Waals surface area contributed by atoms with E-state index in [0.29, 0.717) is 16.9 Å². The van der Waals surface area contributed by atoms with Gasteiger partial charge in [-0.3, -0.25) is 14.4 Å². The van der Waals surface area contributed by atoms with Crippen molar-refractivity contribution in [1.29, 1.82) is 0 Å². The lowest BCUT2D eigenvalue weighted by atomic mass is 10.0. The van der Waals surface area contributed by atoms with Crippen molar-refractivity contribution in [1.82, 2.24) is 16.0 Å². The van der Waals surface area contributed by atoms with Crippen molar-refractivity contribution in [2.24, 2.45) is 5.92 Å². The molecule has 3 atom stereocenters. The van der Waals surface area contributed by atoms with Crippen molar-refractivity contribution in [2.75, 3.05) is 6.61 Å². The zero-order valence-corrected chi connectivity index (χ0v) is 28.5. The fourth-order valence-electron chi connectivity index (χ4n) is 4.27. The molecule has 0 spiro atoms. The quantitative estimate of drug-likeness (QED) is 0.0956. The van der Waals surface area contributed by atoms with Crippen LogP contribution in [0.1, 0.15) is 59.1 Å². The van der Waals surface area contributed by atoms with E-state index in [-0.39, 0.29) is 31.3 Å². The minimum atomic E-state index is -1.49. The summed E-state index contributed by atoms with van der Waals surface area (Å²) < 4.78 is 21.3. The lowest BCUT2D eigenvalue weighted by Crippen LogP contribution is -2.57. The average Bonchev–Trinajstić information content (AvgIpc) is 3.00. The molecule has 3 N–H and O–H groups in total. The van der Waals surface area contributed by atoms with Crippen LogP contribution in [-0.2, 0) is 46.4 Å². The van der Waals surface area contributed by atoms with Crippen molar-refractivity contribution in [3.8, 4) is 5.75 Å². The summed E-state index contributed by atoms with van der Waals surface area (Å²) in [6, 6.07) is 12.1. The Morgan fingerprint density at radius 3 is 2.02 bits per heavy atom. The van der Waals surface area contributed by atoms with Crippen molar-refractivity contribution in [2.45, 2.75) is 84.7 Å². The molecule has 0 aliphatic heterocycles. The molecule has 0 fully saturated rings. The number of hydrogen-bond donors (Lipinski definition) is 3. The van der Waals surface area contributed by atoms with E-state index in [9.17, 15) is 24.0 Å². The van der Waals surface area contributed by atoms with Crippen LogP contribution >= 0.6 is 0 Å². The number of nitrogens with one attached hydrogen (secondary N) is 3. The lowest BCUT2D eigenvalue weighted by molar-refractivity contribution is -0.148. The van der Waals surface area contributed by atoms with Gasteiger partial charge in [0.1, 0.15) is 42.7 Å². The number of hydrogen-bond acceptors (Lipinski definition) is 9. The van der Waals surface area contributed by atoms with Crippen LogP contribution in [0.5, 0.6) is 5.75 Å². The van der Waals surface area contributed by atoms with Crippen LogP contribution in [0.2, 0.25) is 0 Å². The molecule has 260 valence electrons. The molecule has 2 aromatic rings. The largest absolute Gasteiger partial charge is 0.488 e. The molecular formula is C36H47N3O9. The second kappa shape index (κ2) is 18.9. The summed E-state index contributed by atoms with van der Waals surface area (Å²) in [7, 11) is 0. The number of carbonyl (C=O) groups excluding carboxylic acids is 5. The van der Waals surface area contributed by atoms with Crippen LogP contribution in [0.4, 0.5) is 4.79 Å². The highest BCUT2D eigenvalue weighted by molar-refractivity contribution is 5.95. The van der Waals surface area contributed by atoms with Gasteiger partial charge in [0.25, 0.3) is 0 Å². The first kappa shape index (κ1) is 39.1. The number of amides is 3. The van der Waals surface area contributed by atoms with Crippen LogP contribution in [0.3, 0.4) is 0 Å². The SMILES string of the molecule is C=CCOC(=O)[C@@H](NC(=O)[C@H](Cc1ccc(OC(C)(C)C)cc1)NC(=O)[C@H](CC(=O)OC(=C)C)NC(=O)OCc1ccccc1)C(C)C. The number of allylic oxidation sites excluding steroid dienone is 1. The molecule has 2 rings (SSSR count). The van der Waals surface area contributed by atoms with Gasteiger partial charge in [-0.15, -0.1) is 0 Å². The topological polar surface area (TPSA) is 158 Å². The Hall–Kier alpha value is -5.13. The molecular weight excluding hydrogens is 618 g/mol. The number of carbonyl (C=O) groups is 5.